The number of aromatic nitrogens is 1. The zero-order chi connectivity index (χ0) is 24.9. The fraction of sp³-hybridized carbons (Fsp3) is 0.226. The van der Waals surface area contributed by atoms with Crippen molar-refractivity contribution < 1.29 is 9.59 Å². The first kappa shape index (κ1) is 22.9. The Hall–Kier alpha value is -3.92. The summed E-state index contributed by atoms with van der Waals surface area (Å²) in [6.45, 7) is 9.90. The maximum Gasteiger partial charge on any atom is 0.224 e. The number of rotatable bonds is 3. The van der Waals surface area contributed by atoms with Gasteiger partial charge < -0.3 is 4.98 Å². The number of allylic oxidation sites excluding steroid dienone is 1. The second-order valence-electron chi connectivity index (χ2n) is 10.4. The van der Waals surface area contributed by atoms with Crippen LogP contribution >= 0.6 is 0 Å². The van der Waals surface area contributed by atoms with Gasteiger partial charge in [-0.2, -0.15) is 0 Å². The van der Waals surface area contributed by atoms with Crippen LogP contribution in [0.1, 0.15) is 55.2 Å². The molecule has 4 nitrogen and oxygen atoms in total. The Morgan fingerprint density at radius 2 is 1.63 bits per heavy atom. The van der Waals surface area contributed by atoms with E-state index in [4.69, 9.17) is 0 Å². The van der Waals surface area contributed by atoms with Crippen molar-refractivity contribution in [2.24, 2.45) is 5.41 Å². The molecular formula is C31H30N2O2. The van der Waals surface area contributed by atoms with Crippen molar-refractivity contribution in [1.82, 2.24) is 4.98 Å². The summed E-state index contributed by atoms with van der Waals surface area (Å²) in [5.41, 5.74) is 6.85. The number of H-pyrrole nitrogens is 1. The largest absolute Gasteiger partial charge is 0.353 e. The van der Waals surface area contributed by atoms with Crippen LogP contribution in [0.3, 0.4) is 0 Å². The highest BCUT2D eigenvalue weighted by Gasteiger charge is 2.40. The lowest BCUT2D eigenvalue weighted by atomic mass is 9.73. The van der Waals surface area contributed by atoms with E-state index in [0.29, 0.717) is 5.56 Å². The molecule has 176 valence electrons. The normalized spacial score (nSPS) is 15.6. The van der Waals surface area contributed by atoms with E-state index in [0.717, 1.165) is 44.5 Å². The molecule has 0 fully saturated rings. The van der Waals surface area contributed by atoms with Gasteiger partial charge >= 0.3 is 0 Å². The highest BCUT2D eigenvalue weighted by Crippen LogP contribution is 2.49. The Kier molecular flexibility index (Phi) is 5.47. The minimum Gasteiger partial charge on any atom is -0.353 e. The molecule has 3 aromatic carbocycles. The van der Waals surface area contributed by atoms with E-state index in [-0.39, 0.29) is 17.1 Å². The maximum atomic E-state index is 13.6. The zero-order valence-corrected chi connectivity index (χ0v) is 20.8. The van der Waals surface area contributed by atoms with Crippen LogP contribution in [-0.2, 0) is 4.79 Å². The van der Waals surface area contributed by atoms with Crippen LogP contribution in [0.2, 0.25) is 0 Å². The van der Waals surface area contributed by atoms with Gasteiger partial charge in [-0.25, -0.2) is 0 Å². The SMILES string of the molecule is CC(=O)N(c1c(-c2ccccc2)[nH]c2ccccc12)[C@@H]1C(C(C)(C)C)=CC(=O)c2cc(C)ccc21. The van der Waals surface area contributed by atoms with Gasteiger partial charge in [0.1, 0.15) is 0 Å². The Labute approximate surface area is 206 Å². The summed E-state index contributed by atoms with van der Waals surface area (Å²) in [5.74, 6) is -0.0801. The molecule has 1 N–H and O–H groups in total. The second kappa shape index (κ2) is 8.38. The van der Waals surface area contributed by atoms with E-state index in [2.05, 4.69) is 37.9 Å². The third-order valence-electron chi connectivity index (χ3n) is 6.80. The van der Waals surface area contributed by atoms with Crippen LogP contribution < -0.4 is 4.90 Å². The molecule has 0 radical (unpaired) electrons. The van der Waals surface area contributed by atoms with E-state index in [1.165, 1.54) is 0 Å². The Balaban J connectivity index is 1.85. The molecule has 0 aliphatic heterocycles. The quantitative estimate of drug-likeness (QED) is 0.345. The molecule has 1 aliphatic rings. The lowest BCUT2D eigenvalue weighted by Gasteiger charge is -2.41. The third-order valence-corrected chi connectivity index (χ3v) is 6.80. The van der Waals surface area contributed by atoms with Gasteiger partial charge in [-0.15, -0.1) is 0 Å². The number of benzene rings is 3. The molecule has 5 rings (SSSR count). The standard InChI is InChI=1S/C31H30N2O2/c1-19-15-16-22-24(17-19)27(35)18-25(31(3,4)5)29(22)33(20(2)34)30-23-13-9-10-14-26(23)32-28(30)21-11-7-6-8-12-21/h6-18,29,32H,1-5H3/t29-/m0/s1. The summed E-state index contributed by atoms with van der Waals surface area (Å²) in [6, 6.07) is 23.7. The first-order chi connectivity index (χ1) is 16.7. The first-order valence-corrected chi connectivity index (χ1v) is 12.0. The van der Waals surface area contributed by atoms with Crippen LogP contribution in [-0.4, -0.2) is 16.7 Å². The van der Waals surface area contributed by atoms with Crippen molar-refractivity contribution in [3.63, 3.8) is 0 Å². The van der Waals surface area contributed by atoms with Crippen LogP contribution in [0.25, 0.3) is 22.2 Å². The molecule has 0 unspecified atom stereocenters. The number of anilines is 1. The number of hydrogen-bond acceptors (Lipinski definition) is 2. The molecule has 35 heavy (non-hydrogen) atoms. The first-order valence-electron chi connectivity index (χ1n) is 12.0. The van der Waals surface area contributed by atoms with Gasteiger partial charge in [0.2, 0.25) is 5.91 Å². The van der Waals surface area contributed by atoms with Gasteiger partial charge in [-0.3, -0.25) is 14.5 Å². The van der Waals surface area contributed by atoms with Crippen molar-refractivity contribution in [3.05, 3.63) is 101 Å². The second-order valence-corrected chi connectivity index (χ2v) is 10.4. The van der Waals surface area contributed by atoms with Crippen LogP contribution in [0, 0.1) is 12.3 Å². The molecule has 4 heteroatoms. The number of nitrogens with one attached hydrogen (secondary N) is 1. The molecule has 0 bridgehead atoms. The molecular weight excluding hydrogens is 432 g/mol. The summed E-state index contributed by atoms with van der Waals surface area (Å²) in [7, 11) is 0. The number of hydrogen-bond donors (Lipinski definition) is 1. The molecule has 4 aromatic rings. The topological polar surface area (TPSA) is 53.2 Å². The number of amides is 1. The van der Waals surface area contributed by atoms with E-state index in [1.54, 1.807) is 13.0 Å². The summed E-state index contributed by atoms with van der Waals surface area (Å²) in [6.07, 6.45) is 1.75. The number of carbonyl (C=O) groups excluding carboxylic acids is 2. The predicted octanol–water partition coefficient (Wildman–Crippen LogP) is 7.41. The number of ketones is 1. The van der Waals surface area contributed by atoms with E-state index >= 15 is 0 Å². The zero-order valence-electron chi connectivity index (χ0n) is 20.8. The number of nitrogens with zero attached hydrogens (tertiary/aromatic N) is 1. The average molecular weight is 463 g/mol. The molecule has 0 spiro atoms. The minimum absolute atomic E-state index is 0.00409. The van der Waals surface area contributed by atoms with Crippen LogP contribution in [0.15, 0.2) is 84.4 Å². The fourth-order valence-corrected chi connectivity index (χ4v) is 5.15. The van der Waals surface area contributed by atoms with Gasteiger partial charge in [-0.1, -0.05) is 87.0 Å². The fourth-order valence-electron chi connectivity index (χ4n) is 5.15. The summed E-state index contributed by atoms with van der Waals surface area (Å²) in [4.78, 5) is 32.3. The Bertz CT molecular complexity index is 1490. The van der Waals surface area contributed by atoms with Crippen molar-refractivity contribution in [1.29, 1.82) is 0 Å². The lowest BCUT2D eigenvalue weighted by molar-refractivity contribution is -0.117. The van der Waals surface area contributed by atoms with Crippen molar-refractivity contribution in [2.45, 2.75) is 40.7 Å². The molecule has 1 aromatic heterocycles. The van der Waals surface area contributed by atoms with E-state index in [9.17, 15) is 9.59 Å². The molecule has 0 saturated carbocycles. The maximum absolute atomic E-state index is 13.6. The number of aryl methyl sites for hydroxylation is 1. The minimum atomic E-state index is -0.400. The van der Waals surface area contributed by atoms with Gasteiger partial charge in [0, 0.05) is 29.0 Å². The van der Waals surface area contributed by atoms with Crippen molar-refractivity contribution in [3.8, 4) is 11.3 Å². The predicted molar refractivity (Wildman–Crippen MR) is 143 cm³/mol. The smallest absolute Gasteiger partial charge is 0.224 e. The number of aromatic amines is 1. The summed E-state index contributed by atoms with van der Waals surface area (Å²) < 4.78 is 0. The van der Waals surface area contributed by atoms with Crippen LogP contribution in [0.5, 0.6) is 0 Å². The highest BCUT2D eigenvalue weighted by molar-refractivity contribution is 6.12. The van der Waals surface area contributed by atoms with Gasteiger partial charge in [0.25, 0.3) is 0 Å². The monoisotopic (exact) mass is 462 g/mol. The van der Waals surface area contributed by atoms with Gasteiger partial charge in [-0.05, 0) is 41.7 Å². The highest BCUT2D eigenvalue weighted by atomic mass is 16.2. The molecule has 1 atom stereocenters. The van der Waals surface area contributed by atoms with Crippen LogP contribution in [0.4, 0.5) is 5.69 Å². The number of para-hydroxylation sites is 1. The molecule has 1 amide bonds. The van der Waals surface area contributed by atoms with Crippen molar-refractivity contribution in [2.75, 3.05) is 4.90 Å². The van der Waals surface area contributed by atoms with Gasteiger partial charge in [0.05, 0.1) is 17.4 Å². The molecule has 1 aliphatic carbocycles. The number of fused-ring (bicyclic) bond motifs is 2. The summed E-state index contributed by atoms with van der Waals surface area (Å²) in [5, 5.41) is 0.973. The van der Waals surface area contributed by atoms with E-state index < -0.39 is 6.04 Å². The molecule has 0 saturated heterocycles. The van der Waals surface area contributed by atoms with E-state index in [1.807, 2.05) is 72.5 Å². The van der Waals surface area contributed by atoms with Gasteiger partial charge in [0.15, 0.2) is 5.78 Å². The Morgan fingerprint density at radius 1 is 0.943 bits per heavy atom. The third kappa shape index (κ3) is 3.89. The molecule has 1 heterocycles. The van der Waals surface area contributed by atoms with Crippen molar-refractivity contribution >= 4 is 28.3 Å². The Morgan fingerprint density at radius 3 is 2.31 bits per heavy atom. The average Bonchev–Trinajstić information content (AvgIpc) is 3.20. The lowest BCUT2D eigenvalue weighted by Crippen LogP contribution is -2.40. The summed E-state index contributed by atoms with van der Waals surface area (Å²) >= 11 is 0. The number of carbonyl (C=O) groups is 2.